The van der Waals surface area contributed by atoms with Crippen LogP contribution in [0.25, 0.3) is 0 Å². The van der Waals surface area contributed by atoms with Crippen molar-refractivity contribution in [2.24, 2.45) is 0 Å². The molecule has 0 unspecified atom stereocenters. The fourth-order valence-electron chi connectivity index (χ4n) is 2.49. The Hall–Kier alpha value is -3.34. The molecule has 0 saturated heterocycles. The molecule has 5 nitrogen and oxygen atoms in total. The molecule has 5 heteroatoms. The van der Waals surface area contributed by atoms with E-state index >= 15 is 0 Å². The largest absolute Gasteiger partial charge is 0.489 e. The number of hydrogen-bond donors (Lipinski definition) is 0. The smallest absolute Gasteiger partial charge is 0.250 e. The van der Waals surface area contributed by atoms with Gasteiger partial charge in [-0.05, 0) is 35.9 Å². The fraction of sp³-hybridized carbons (Fsp3) is 0.143. The molecule has 1 heterocycles. The molecule has 2 aromatic carbocycles. The molecule has 3 rings (SSSR count). The van der Waals surface area contributed by atoms with E-state index in [1.807, 2.05) is 54.6 Å². The predicted octanol–water partition coefficient (Wildman–Crippen LogP) is 3.09. The van der Waals surface area contributed by atoms with Gasteiger partial charge >= 0.3 is 0 Å². The van der Waals surface area contributed by atoms with Crippen LogP contribution in [0.4, 0.5) is 5.69 Å². The molecule has 0 aliphatic heterocycles. The Morgan fingerprint density at radius 1 is 0.962 bits per heavy atom. The first-order valence-corrected chi connectivity index (χ1v) is 8.32. The predicted molar refractivity (Wildman–Crippen MR) is 101 cm³/mol. The molecule has 0 atom stereocenters. The van der Waals surface area contributed by atoms with Crippen LogP contribution < -0.4 is 15.2 Å². The van der Waals surface area contributed by atoms with Gasteiger partial charge in [0.15, 0.2) is 0 Å². The molecular weight excluding hydrogens is 328 g/mol. The second kappa shape index (κ2) is 8.16. The molecule has 0 saturated carbocycles. The number of nitrogens with zero attached hydrogens (tertiary/aromatic N) is 2. The molecule has 3 aromatic rings. The Balaban J connectivity index is 1.61. The van der Waals surface area contributed by atoms with E-state index in [-0.39, 0.29) is 18.0 Å². The molecule has 0 radical (unpaired) electrons. The van der Waals surface area contributed by atoms with E-state index in [0.29, 0.717) is 6.61 Å². The zero-order valence-electron chi connectivity index (χ0n) is 14.5. The summed E-state index contributed by atoms with van der Waals surface area (Å²) >= 11 is 0. The van der Waals surface area contributed by atoms with Crippen LogP contribution in [0.15, 0.2) is 83.8 Å². The lowest BCUT2D eigenvalue weighted by Crippen LogP contribution is -2.33. The molecular formula is C21H20N2O3. The van der Waals surface area contributed by atoms with Gasteiger partial charge in [0.25, 0.3) is 5.56 Å². The second-order valence-electron chi connectivity index (χ2n) is 5.89. The van der Waals surface area contributed by atoms with Crippen LogP contribution in [0.2, 0.25) is 0 Å². The van der Waals surface area contributed by atoms with Gasteiger partial charge in [-0.25, -0.2) is 0 Å². The van der Waals surface area contributed by atoms with E-state index in [1.54, 1.807) is 25.4 Å². The van der Waals surface area contributed by atoms with Crippen molar-refractivity contribution < 1.29 is 9.53 Å². The van der Waals surface area contributed by atoms with Crippen molar-refractivity contribution in [1.29, 1.82) is 0 Å². The van der Waals surface area contributed by atoms with Crippen LogP contribution in [-0.4, -0.2) is 17.5 Å². The zero-order chi connectivity index (χ0) is 18.4. The summed E-state index contributed by atoms with van der Waals surface area (Å²) in [5.74, 6) is 0.564. The van der Waals surface area contributed by atoms with Crippen LogP contribution in [0.1, 0.15) is 5.56 Å². The van der Waals surface area contributed by atoms with Gasteiger partial charge in [-0.15, -0.1) is 0 Å². The molecule has 0 bridgehead atoms. The van der Waals surface area contributed by atoms with Crippen molar-refractivity contribution in [3.05, 3.63) is 94.9 Å². The number of amides is 1. The van der Waals surface area contributed by atoms with Gasteiger partial charge in [-0.1, -0.05) is 36.4 Å². The quantitative estimate of drug-likeness (QED) is 0.688. The Morgan fingerprint density at radius 3 is 2.35 bits per heavy atom. The molecule has 0 N–H and O–H groups in total. The summed E-state index contributed by atoms with van der Waals surface area (Å²) in [7, 11) is 1.69. The average Bonchev–Trinajstić information content (AvgIpc) is 2.69. The average molecular weight is 348 g/mol. The van der Waals surface area contributed by atoms with E-state index in [1.165, 1.54) is 15.5 Å². The SMILES string of the molecule is CN(C(=O)Cn1ccccc1=O)c1ccc(OCc2ccccc2)cc1. The third kappa shape index (κ3) is 4.39. The molecule has 0 aliphatic rings. The number of carbonyl (C=O) groups is 1. The highest BCUT2D eigenvalue weighted by molar-refractivity contribution is 5.92. The highest BCUT2D eigenvalue weighted by atomic mass is 16.5. The summed E-state index contributed by atoms with van der Waals surface area (Å²) in [6.45, 7) is 0.494. The van der Waals surface area contributed by atoms with E-state index in [0.717, 1.165) is 17.0 Å². The number of likely N-dealkylation sites (N-methyl/N-ethyl adjacent to an activating group) is 1. The molecule has 26 heavy (non-hydrogen) atoms. The summed E-state index contributed by atoms with van der Waals surface area (Å²) in [5.41, 5.74) is 1.64. The topological polar surface area (TPSA) is 51.5 Å². The Labute approximate surface area is 152 Å². The number of carbonyl (C=O) groups excluding carboxylic acids is 1. The first-order chi connectivity index (χ1) is 12.6. The molecule has 0 spiro atoms. The van der Waals surface area contributed by atoms with Crippen molar-refractivity contribution >= 4 is 11.6 Å². The van der Waals surface area contributed by atoms with Crippen molar-refractivity contribution in [2.75, 3.05) is 11.9 Å². The van der Waals surface area contributed by atoms with Gasteiger partial charge in [0.1, 0.15) is 18.9 Å². The van der Waals surface area contributed by atoms with Crippen molar-refractivity contribution in [3.8, 4) is 5.75 Å². The minimum absolute atomic E-state index is 0.00241. The van der Waals surface area contributed by atoms with E-state index in [4.69, 9.17) is 4.74 Å². The monoisotopic (exact) mass is 348 g/mol. The molecule has 0 aliphatic carbocycles. The van der Waals surface area contributed by atoms with Crippen LogP contribution >= 0.6 is 0 Å². The molecule has 1 aromatic heterocycles. The fourth-order valence-corrected chi connectivity index (χ4v) is 2.49. The number of hydrogen-bond acceptors (Lipinski definition) is 3. The maximum atomic E-state index is 12.4. The van der Waals surface area contributed by atoms with Gasteiger partial charge in [0.2, 0.25) is 5.91 Å². The van der Waals surface area contributed by atoms with Gasteiger partial charge in [0.05, 0.1) is 0 Å². The summed E-state index contributed by atoms with van der Waals surface area (Å²) in [4.78, 5) is 25.6. The minimum atomic E-state index is -0.195. The van der Waals surface area contributed by atoms with E-state index < -0.39 is 0 Å². The highest BCUT2D eigenvalue weighted by Gasteiger charge is 2.12. The number of ether oxygens (including phenoxy) is 1. The summed E-state index contributed by atoms with van der Waals surface area (Å²) in [5, 5.41) is 0. The number of anilines is 1. The Bertz CT molecular complexity index is 918. The van der Waals surface area contributed by atoms with Crippen LogP contribution in [0, 0.1) is 0 Å². The third-order valence-electron chi connectivity index (χ3n) is 4.05. The maximum absolute atomic E-state index is 12.4. The lowest BCUT2D eigenvalue weighted by Gasteiger charge is -2.18. The zero-order valence-corrected chi connectivity index (χ0v) is 14.5. The van der Waals surface area contributed by atoms with Crippen LogP contribution in [0.3, 0.4) is 0 Å². The summed E-state index contributed by atoms with van der Waals surface area (Å²) in [6, 6.07) is 22.1. The number of rotatable bonds is 6. The van der Waals surface area contributed by atoms with Crippen molar-refractivity contribution in [1.82, 2.24) is 4.57 Å². The van der Waals surface area contributed by atoms with Crippen molar-refractivity contribution in [3.63, 3.8) is 0 Å². The van der Waals surface area contributed by atoms with Gasteiger partial charge in [-0.3, -0.25) is 9.59 Å². The highest BCUT2D eigenvalue weighted by Crippen LogP contribution is 2.19. The first kappa shape index (κ1) is 17.5. The number of aromatic nitrogens is 1. The number of pyridine rings is 1. The Morgan fingerprint density at radius 2 is 1.65 bits per heavy atom. The van der Waals surface area contributed by atoms with Crippen LogP contribution in [-0.2, 0) is 17.9 Å². The summed E-state index contributed by atoms with van der Waals surface area (Å²) in [6.07, 6.45) is 1.61. The molecule has 1 amide bonds. The van der Waals surface area contributed by atoms with E-state index in [2.05, 4.69) is 0 Å². The number of benzene rings is 2. The lowest BCUT2D eigenvalue weighted by molar-refractivity contribution is -0.118. The second-order valence-corrected chi connectivity index (χ2v) is 5.89. The summed E-state index contributed by atoms with van der Waals surface area (Å²) < 4.78 is 7.13. The van der Waals surface area contributed by atoms with Gasteiger partial charge < -0.3 is 14.2 Å². The normalized spacial score (nSPS) is 10.3. The maximum Gasteiger partial charge on any atom is 0.250 e. The lowest BCUT2D eigenvalue weighted by atomic mass is 10.2. The van der Waals surface area contributed by atoms with Gasteiger partial charge in [0, 0.05) is 25.0 Å². The molecule has 0 fully saturated rings. The third-order valence-corrected chi connectivity index (χ3v) is 4.05. The molecule has 132 valence electrons. The van der Waals surface area contributed by atoms with Gasteiger partial charge in [-0.2, -0.15) is 0 Å². The Kier molecular flexibility index (Phi) is 5.49. The first-order valence-electron chi connectivity index (χ1n) is 8.32. The minimum Gasteiger partial charge on any atom is -0.489 e. The van der Waals surface area contributed by atoms with Crippen LogP contribution in [0.5, 0.6) is 5.75 Å². The van der Waals surface area contributed by atoms with Crippen molar-refractivity contribution in [2.45, 2.75) is 13.2 Å². The van der Waals surface area contributed by atoms with E-state index in [9.17, 15) is 9.59 Å². The standard InChI is InChI=1S/C21H20N2O3/c1-22(21(25)15-23-14-6-5-9-20(23)24)18-10-12-19(13-11-18)26-16-17-7-3-2-4-8-17/h2-14H,15-16H2,1H3.